The predicted molar refractivity (Wildman–Crippen MR) is 98.9 cm³/mol. The third-order valence-corrected chi connectivity index (χ3v) is 4.33. The van der Waals surface area contributed by atoms with Crippen molar-refractivity contribution in [1.82, 2.24) is 10.6 Å². The predicted octanol–water partition coefficient (Wildman–Crippen LogP) is 2.84. The second-order valence-corrected chi connectivity index (χ2v) is 6.31. The fourth-order valence-corrected chi connectivity index (χ4v) is 2.86. The lowest BCUT2D eigenvalue weighted by atomic mass is 10.1. The third-order valence-electron chi connectivity index (χ3n) is 4.33. The van der Waals surface area contributed by atoms with Crippen molar-refractivity contribution in [2.75, 3.05) is 20.7 Å². The lowest BCUT2D eigenvalue weighted by molar-refractivity contribution is 0.198. The monoisotopic (exact) mass is 344 g/mol. The van der Waals surface area contributed by atoms with Gasteiger partial charge >= 0.3 is 0 Å². The molecule has 0 amide bonds. The molecule has 0 radical (unpaired) electrons. The van der Waals surface area contributed by atoms with Crippen molar-refractivity contribution in [1.29, 1.82) is 5.26 Å². The molecule has 0 saturated heterocycles. The maximum Gasteiger partial charge on any atom is 0.191 e. The molecule has 1 aromatic carbocycles. The molecular weight excluding hydrogens is 316 g/mol. The van der Waals surface area contributed by atoms with Gasteiger partial charge in [0.05, 0.1) is 25.2 Å². The van der Waals surface area contributed by atoms with Gasteiger partial charge in [-0.05, 0) is 38.7 Å². The van der Waals surface area contributed by atoms with Crippen LogP contribution in [0.15, 0.2) is 23.2 Å². The minimum atomic E-state index is -0.0726. The lowest BCUT2D eigenvalue weighted by Crippen LogP contribution is -2.38. The van der Waals surface area contributed by atoms with E-state index in [0.717, 1.165) is 29.9 Å². The molecule has 1 aromatic rings. The van der Waals surface area contributed by atoms with Gasteiger partial charge in [-0.1, -0.05) is 12.1 Å². The number of nitrogens with one attached hydrogen (secondary N) is 2. The molecule has 0 unspecified atom stereocenters. The Morgan fingerprint density at radius 3 is 2.76 bits per heavy atom. The van der Waals surface area contributed by atoms with Gasteiger partial charge in [0, 0.05) is 25.7 Å². The summed E-state index contributed by atoms with van der Waals surface area (Å²) < 4.78 is 11.7. The van der Waals surface area contributed by atoms with E-state index >= 15 is 0 Å². The van der Waals surface area contributed by atoms with E-state index in [-0.39, 0.29) is 12.0 Å². The summed E-state index contributed by atoms with van der Waals surface area (Å²) in [5.41, 5.74) is 1.03. The van der Waals surface area contributed by atoms with Gasteiger partial charge in [-0.25, -0.2) is 0 Å². The zero-order valence-electron chi connectivity index (χ0n) is 15.3. The summed E-state index contributed by atoms with van der Waals surface area (Å²) >= 11 is 0. The van der Waals surface area contributed by atoms with Gasteiger partial charge in [0.2, 0.25) is 0 Å². The van der Waals surface area contributed by atoms with Crippen LogP contribution in [0.25, 0.3) is 0 Å². The van der Waals surface area contributed by atoms with Crippen molar-refractivity contribution in [2.45, 2.75) is 45.3 Å². The molecule has 136 valence electrons. The Labute approximate surface area is 150 Å². The Balaban J connectivity index is 2.03. The van der Waals surface area contributed by atoms with Gasteiger partial charge in [0.25, 0.3) is 0 Å². The lowest BCUT2D eigenvalue weighted by Gasteiger charge is -2.20. The topological polar surface area (TPSA) is 78.7 Å². The third kappa shape index (κ3) is 5.56. The minimum absolute atomic E-state index is 0.0726. The highest BCUT2D eigenvalue weighted by Gasteiger charge is 2.20. The van der Waals surface area contributed by atoms with Crippen LogP contribution in [0.5, 0.6) is 11.5 Å². The van der Waals surface area contributed by atoms with Crippen LogP contribution in [-0.4, -0.2) is 32.8 Å². The number of nitrogens with zero attached hydrogens (tertiary/aromatic N) is 2. The van der Waals surface area contributed by atoms with Crippen LogP contribution in [0, 0.1) is 17.2 Å². The molecule has 6 nitrogen and oxygen atoms in total. The normalized spacial score (nSPS) is 16.2. The number of ether oxygens (including phenoxy) is 2. The average Bonchev–Trinajstić information content (AvgIpc) is 3.15. The van der Waals surface area contributed by atoms with Crippen molar-refractivity contribution in [3.05, 3.63) is 23.8 Å². The van der Waals surface area contributed by atoms with Gasteiger partial charge in [-0.2, -0.15) is 5.26 Å². The van der Waals surface area contributed by atoms with E-state index in [9.17, 15) is 0 Å². The Hall–Kier alpha value is -2.42. The second kappa shape index (κ2) is 9.77. The Kier molecular flexibility index (Phi) is 7.39. The Morgan fingerprint density at radius 1 is 1.36 bits per heavy atom. The fraction of sp³-hybridized carbons (Fsp3) is 0.579. The fourth-order valence-electron chi connectivity index (χ4n) is 2.86. The maximum atomic E-state index is 8.88. The van der Waals surface area contributed by atoms with Crippen molar-refractivity contribution in [3.63, 3.8) is 0 Å². The molecule has 1 fully saturated rings. The van der Waals surface area contributed by atoms with Crippen LogP contribution in [0.1, 0.15) is 38.2 Å². The highest BCUT2D eigenvalue weighted by atomic mass is 16.5. The molecule has 1 atom stereocenters. The van der Waals surface area contributed by atoms with Crippen molar-refractivity contribution in [2.24, 2.45) is 10.9 Å². The molecule has 2 N–H and O–H groups in total. The van der Waals surface area contributed by atoms with Gasteiger partial charge < -0.3 is 20.1 Å². The number of rotatable bonds is 7. The van der Waals surface area contributed by atoms with Gasteiger partial charge in [0.1, 0.15) is 0 Å². The summed E-state index contributed by atoms with van der Waals surface area (Å²) in [5.74, 6) is 2.16. The Bertz CT molecular complexity index is 618. The molecule has 6 heteroatoms. The molecule has 0 aromatic heterocycles. The highest BCUT2D eigenvalue weighted by Crippen LogP contribution is 2.34. The number of para-hydroxylation sites is 1. The zero-order chi connectivity index (χ0) is 18.1. The molecule has 2 rings (SSSR count). The molecule has 0 bridgehead atoms. The molecular formula is C19H28N4O2. The number of aliphatic imine (C=N–C) groups is 1. The van der Waals surface area contributed by atoms with E-state index < -0.39 is 0 Å². The second-order valence-electron chi connectivity index (χ2n) is 6.31. The summed E-state index contributed by atoms with van der Waals surface area (Å²) in [5, 5.41) is 15.3. The SMILES string of the molecule is CN=C(NCc1cccc(OC)c1OC1CCCC1)NC[C@H](C)C#N. The van der Waals surface area contributed by atoms with Crippen molar-refractivity contribution < 1.29 is 9.47 Å². The van der Waals surface area contributed by atoms with E-state index in [4.69, 9.17) is 14.7 Å². The first-order valence-corrected chi connectivity index (χ1v) is 8.84. The van der Waals surface area contributed by atoms with Crippen molar-refractivity contribution >= 4 is 5.96 Å². The van der Waals surface area contributed by atoms with Crippen LogP contribution in [0.4, 0.5) is 0 Å². The number of hydrogen-bond donors (Lipinski definition) is 2. The number of nitriles is 1. The van der Waals surface area contributed by atoms with Gasteiger partial charge in [-0.15, -0.1) is 0 Å². The van der Waals surface area contributed by atoms with E-state index in [0.29, 0.717) is 19.0 Å². The van der Waals surface area contributed by atoms with Gasteiger partial charge in [-0.3, -0.25) is 4.99 Å². The van der Waals surface area contributed by atoms with E-state index in [2.05, 4.69) is 21.7 Å². The van der Waals surface area contributed by atoms with E-state index in [1.165, 1.54) is 12.8 Å². The number of hydrogen-bond acceptors (Lipinski definition) is 4. The molecule has 0 heterocycles. The average molecular weight is 344 g/mol. The minimum Gasteiger partial charge on any atom is -0.493 e. The smallest absolute Gasteiger partial charge is 0.191 e. The van der Waals surface area contributed by atoms with Crippen LogP contribution in [0.2, 0.25) is 0 Å². The standard InChI is InChI=1S/C19H28N4O2/c1-14(11-20)12-22-19(21-2)23-13-15-7-6-10-17(24-3)18(15)25-16-8-4-5-9-16/h6-7,10,14,16H,4-5,8-9,12-13H2,1-3H3,(H2,21,22,23)/t14-/m1/s1. The number of benzene rings is 1. The number of methoxy groups -OCH3 is 1. The molecule has 1 aliphatic rings. The van der Waals surface area contributed by atoms with Crippen LogP contribution in [0.3, 0.4) is 0 Å². The first kappa shape index (κ1) is 18.9. The quantitative estimate of drug-likeness (QED) is 0.587. The van der Waals surface area contributed by atoms with Crippen LogP contribution in [-0.2, 0) is 6.54 Å². The van der Waals surface area contributed by atoms with E-state index in [1.807, 2.05) is 25.1 Å². The largest absolute Gasteiger partial charge is 0.493 e. The Morgan fingerprint density at radius 2 is 2.12 bits per heavy atom. The van der Waals surface area contributed by atoms with Crippen LogP contribution >= 0.6 is 0 Å². The van der Waals surface area contributed by atoms with Crippen LogP contribution < -0.4 is 20.1 Å². The number of guanidine groups is 1. The summed E-state index contributed by atoms with van der Waals surface area (Å²) in [7, 11) is 3.38. The summed E-state index contributed by atoms with van der Waals surface area (Å²) in [6.07, 6.45) is 4.91. The first-order chi connectivity index (χ1) is 12.2. The molecule has 1 aliphatic carbocycles. The molecule has 1 saturated carbocycles. The van der Waals surface area contributed by atoms with Gasteiger partial charge in [0.15, 0.2) is 17.5 Å². The van der Waals surface area contributed by atoms with Crippen molar-refractivity contribution in [3.8, 4) is 17.6 Å². The molecule has 0 aliphatic heterocycles. The first-order valence-electron chi connectivity index (χ1n) is 8.84. The zero-order valence-corrected chi connectivity index (χ0v) is 15.3. The summed E-state index contributed by atoms with van der Waals surface area (Å²) in [6.45, 7) is 3.00. The summed E-state index contributed by atoms with van der Waals surface area (Å²) in [6, 6.07) is 8.12. The maximum absolute atomic E-state index is 8.88. The molecule has 0 spiro atoms. The summed E-state index contributed by atoms with van der Waals surface area (Å²) in [4.78, 5) is 4.20. The molecule has 25 heavy (non-hydrogen) atoms. The van der Waals surface area contributed by atoms with E-state index in [1.54, 1.807) is 14.2 Å². The highest BCUT2D eigenvalue weighted by molar-refractivity contribution is 5.79.